The van der Waals surface area contributed by atoms with E-state index in [2.05, 4.69) is 15.7 Å². The molecule has 0 saturated carbocycles. The number of benzene rings is 1. The fourth-order valence-electron chi connectivity index (χ4n) is 3.00. The van der Waals surface area contributed by atoms with Gasteiger partial charge in [0.2, 0.25) is 5.91 Å². The van der Waals surface area contributed by atoms with Crippen molar-refractivity contribution in [2.75, 3.05) is 11.9 Å². The minimum atomic E-state index is -0.275. The molecular weight excluding hydrogens is 318 g/mol. The Morgan fingerprint density at radius 3 is 2.76 bits per heavy atom. The average molecular weight is 341 g/mol. The highest BCUT2D eigenvalue weighted by molar-refractivity contribution is 5.88. The third kappa shape index (κ3) is 4.37. The summed E-state index contributed by atoms with van der Waals surface area (Å²) in [6, 6.07) is 9.49. The lowest BCUT2D eigenvalue weighted by Gasteiger charge is -2.16. The van der Waals surface area contributed by atoms with Crippen LogP contribution in [0.25, 0.3) is 0 Å². The van der Waals surface area contributed by atoms with Gasteiger partial charge in [0.05, 0.1) is 5.69 Å². The first-order valence-corrected chi connectivity index (χ1v) is 8.42. The lowest BCUT2D eigenvalue weighted by molar-refractivity contribution is -0.128. The number of anilines is 1. The van der Waals surface area contributed by atoms with E-state index in [0.29, 0.717) is 25.3 Å². The lowest BCUT2D eigenvalue weighted by atomic mass is 10.1. The van der Waals surface area contributed by atoms with E-state index in [0.717, 1.165) is 29.8 Å². The van der Waals surface area contributed by atoms with E-state index in [-0.39, 0.29) is 11.9 Å². The van der Waals surface area contributed by atoms with Crippen molar-refractivity contribution in [2.24, 2.45) is 7.05 Å². The van der Waals surface area contributed by atoms with Gasteiger partial charge >= 0.3 is 6.03 Å². The predicted octanol–water partition coefficient (Wildman–Crippen LogP) is 2.17. The van der Waals surface area contributed by atoms with Crippen LogP contribution in [0.1, 0.15) is 29.7 Å². The van der Waals surface area contributed by atoms with Gasteiger partial charge < -0.3 is 10.2 Å². The number of rotatable bonds is 5. The summed E-state index contributed by atoms with van der Waals surface area (Å²) in [5.41, 5.74) is 2.93. The zero-order valence-electron chi connectivity index (χ0n) is 14.6. The standard InChI is InChI=1S/C18H23N5O2/c1-13-9-16(22(2)21-13)20-18(25)19-11-14-5-3-6-15(10-14)12-23-8-4-7-17(23)24/h3,5-6,9-10H,4,7-8,11-12H2,1-2H3,(H2,19,20,25). The number of aryl methyl sites for hydroxylation is 2. The van der Waals surface area contributed by atoms with E-state index in [4.69, 9.17) is 0 Å². The van der Waals surface area contributed by atoms with Crippen molar-refractivity contribution < 1.29 is 9.59 Å². The molecule has 7 heteroatoms. The van der Waals surface area contributed by atoms with Crippen molar-refractivity contribution in [3.8, 4) is 0 Å². The number of nitrogens with one attached hydrogen (secondary N) is 2. The smallest absolute Gasteiger partial charge is 0.320 e. The second-order valence-electron chi connectivity index (χ2n) is 6.34. The van der Waals surface area contributed by atoms with E-state index in [1.165, 1.54) is 0 Å². The molecule has 0 atom stereocenters. The number of hydrogen-bond donors (Lipinski definition) is 2. The van der Waals surface area contributed by atoms with Crippen LogP contribution in [0.5, 0.6) is 0 Å². The first kappa shape index (κ1) is 17.0. The number of likely N-dealkylation sites (tertiary alicyclic amines) is 1. The largest absolute Gasteiger partial charge is 0.338 e. The highest BCUT2D eigenvalue weighted by Crippen LogP contribution is 2.15. The third-order valence-corrected chi connectivity index (χ3v) is 4.23. The molecule has 1 fully saturated rings. The maximum Gasteiger partial charge on any atom is 0.320 e. The molecule has 1 aromatic carbocycles. The highest BCUT2D eigenvalue weighted by atomic mass is 16.2. The normalized spacial score (nSPS) is 14.0. The van der Waals surface area contributed by atoms with E-state index in [1.807, 2.05) is 42.2 Å². The average Bonchev–Trinajstić information content (AvgIpc) is 3.11. The minimum absolute atomic E-state index is 0.217. The monoisotopic (exact) mass is 341 g/mol. The molecular formula is C18H23N5O2. The van der Waals surface area contributed by atoms with Crippen LogP contribution in [0.2, 0.25) is 0 Å². The van der Waals surface area contributed by atoms with Gasteiger partial charge in [-0.1, -0.05) is 24.3 Å². The highest BCUT2D eigenvalue weighted by Gasteiger charge is 2.19. The molecule has 0 spiro atoms. The number of urea groups is 1. The Morgan fingerprint density at radius 1 is 1.28 bits per heavy atom. The van der Waals surface area contributed by atoms with Gasteiger partial charge in [-0.2, -0.15) is 5.10 Å². The van der Waals surface area contributed by atoms with Gasteiger partial charge in [0.1, 0.15) is 5.82 Å². The summed E-state index contributed by atoms with van der Waals surface area (Å²) in [7, 11) is 1.78. The van der Waals surface area contributed by atoms with Crippen molar-refractivity contribution in [1.82, 2.24) is 20.0 Å². The Kier molecular flexibility index (Phi) is 5.02. The van der Waals surface area contributed by atoms with Gasteiger partial charge in [-0.25, -0.2) is 4.79 Å². The minimum Gasteiger partial charge on any atom is -0.338 e. The zero-order chi connectivity index (χ0) is 17.8. The van der Waals surface area contributed by atoms with E-state index in [9.17, 15) is 9.59 Å². The Bertz CT molecular complexity index is 784. The molecule has 7 nitrogen and oxygen atoms in total. The van der Waals surface area contributed by atoms with Crippen molar-refractivity contribution in [1.29, 1.82) is 0 Å². The summed E-state index contributed by atoms with van der Waals surface area (Å²) in [4.78, 5) is 25.7. The lowest BCUT2D eigenvalue weighted by Crippen LogP contribution is -2.29. The van der Waals surface area contributed by atoms with Crippen LogP contribution in [-0.4, -0.2) is 33.2 Å². The summed E-state index contributed by atoms with van der Waals surface area (Å²) in [6.45, 7) is 3.76. The van der Waals surface area contributed by atoms with Gasteiger partial charge in [-0.15, -0.1) is 0 Å². The maximum absolute atomic E-state index is 12.0. The third-order valence-electron chi connectivity index (χ3n) is 4.23. The number of carbonyl (C=O) groups excluding carboxylic acids is 2. The number of carbonyl (C=O) groups is 2. The van der Waals surface area contributed by atoms with Crippen LogP contribution in [0, 0.1) is 6.92 Å². The number of amides is 3. The molecule has 1 aliphatic heterocycles. The SMILES string of the molecule is Cc1cc(NC(=O)NCc2cccc(CN3CCCC3=O)c2)n(C)n1. The van der Waals surface area contributed by atoms with Gasteiger partial charge in [0.25, 0.3) is 0 Å². The Hall–Kier alpha value is -2.83. The van der Waals surface area contributed by atoms with Gasteiger partial charge in [-0.05, 0) is 24.5 Å². The molecule has 0 bridgehead atoms. The van der Waals surface area contributed by atoms with Crippen molar-refractivity contribution >= 4 is 17.8 Å². The molecule has 0 unspecified atom stereocenters. The fraction of sp³-hybridized carbons (Fsp3) is 0.389. The molecule has 2 N–H and O–H groups in total. The second kappa shape index (κ2) is 7.38. The van der Waals surface area contributed by atoms with Crippen LogP contribution >= 0.6 is 0 Å². The zero-order valence-corrected chi connectivity index (χ0v) is 14.6. The molecule has 1 aromatic heterocycles. The second-order valence-corrected chi connectivity index (χ2v) is 6.34. The van der Waals surface area contributed by atoms with Gasteiger partial charge in [0.15, 0.2) is 0 Å². The molecule has 25 heavy (non-hydrogen) atoms. The van der Waals surface area contributed by atoms with E-state index >= 15 is 0 Å². The quantitative estimate of drug-likeness (QED) is 0.875. The van der Waals surface area contributed by atoms with Crippen molar-refractivity contribution in [3.63, 3.8) is 0 Å². The van der Waals surface area contributed by atoms with Crippen LogP contribution in [0.3, 0.4) is 0 Å². The summed E-state index contributed by atoms with van der Waals surface area (Å²) < 4.78 is 1.63. The fourth-order valence-corrected chi connectivity index (χ4v) is 3.00. The van der Waals surface area contributed by atoms with Crippen LogP contribution in [-0.2, 0) is 24.9 Å². The predicted molar refractivity (Wildman–Crippen MR) is 94.9 cm³/mol. The first-order valence-electron chi connectivity index (χ1n) is 8.42. The summed E-state index contributed by atoms with van der Waals surface area (Å²) in [5, 5.41) is 9.81. The van der Waals surface area contributed by atoms with Crippen LogP contribution < -0.4 is 10.6 Å². The first-order chi connectivity index (χ1) is 12.0. The summed E-state index contributed by atoms with van der Waals surface area (Å²) in [5.74, 6) is 0.866. The van der Waals surface area contributed by atoms with Gasteiger partial charge in [-0.3, -0.25) is 14.8 Å². The van der Waals surface area contributed by atoms with Crippen LogP contribution in [0.4, 0.5) is 10.6 Å². The molecule has 2 heterocycles. The van der Waals surface area contributed by atoms with Gasteiger partial charge in [0, 0.05) is 39.2 Å². The molecule has 0 radical (unpaired) electrons. The van der Waals surface area contributed by atoms with E-state index < -0.39 is 0 Å². The molecule has 132 valence electrons. The number of nitrogens with zero attached hydrogens (tertiary/aromatic N) is 3. The topological polar surface area (TPSA) is 79.3 Å². The molecule has 1 saturated heterocycles. The van der Waals surface area contributed by atoms with Crippen LogP contribution in [0.15, 0.2) is 30.3 Å². The van der Waals surface area contributed by atoms with E-state index in [1.54, 1.807) is 11.7 Å². The molecule has 2 aromatic rings. The summed E-state index contributed by atoms with van der Waals surface area (Å²) >= 11 is 0. The molecule has 3 amide bonds. The number of aromatic nitrogens is 2. The Labute approximate surface area is 147 Å². The Morgan fingerprint density at radius 2 is 2.08 bits per heavy atom. The molecule has 0 aliphatic carbocycles. The van der Waals surface area contributed by atoms with Crippen molar-refractivity contribution in [3.05, 3.63) is 47.2 Å². The Balaban J connectivity index is 1.54. The maximum atomic E-state index is 12.0. The van der Waals surface area contributed by atoms with Crippen molar-refractivity contribution in [2.45, 2.75) is 32.9 Å². The number of hydrogen-bond acceptors (Lipinski definition) is 3. The summed E-state index contributed by atoms with van der Waals surface area (Å²) in [6.07, 6.45) is 1.59. The molecule has 1 aliphatic rings. The molecule has 3 rings (SSSR count).